The molecule has 5 nitrogen and oxygen atoms in total. The Kier molecular flexibility index (Phi) is 5.03. The highest BCUT2D eigenvalue weighted by atomic mass is 16.3. The van der Waals surface area contributed by atoms with Crippen LogP contribution in [0, 0.1) is 0 Å². The molecule has 4 N–H and O–H groups in total. The van der Waals surface area contributed by atoms with Crippen LogP contribution in [0.4, 0.5) is 5.82 Å². The van der Waals surface area contributed by atoms with Gasteiger partial charge < -0.3 is 16.2 Å². The molecule has 0 fully saturated rings. The maximum Gasteiger partial charge on any atom is 0.165 e. The first-order chi connectivity index (χ1) is 11.7. The van der Waals surface area contributed by atoms with Crippen LogP contribution in [-0.2, 0) is 6.42 Å². The fourth-order valence-electron chi connectivity index (χ4n) is 2.47. The largest absolute Gasteiger partial charge is 0.507 e. The van der Waals surface area contributed by atoms with Crippen molar-refractivity contribution in [1.82, 2.24) is 9.97 Å². The molecule has 0 aliphatic heterocycles. The van der Waals surface area contributed by atoms with Gasteiger partial charge in [-0.3, -0.25) is 0 Å². The molecule has 0 radical (unpaired) electrons. The Morgan fingerprint density at radius 2 is 1.75 bits per heavy atom. The standard InChI is InChI=1S/C19H20N4O/c20-15(12-14-6-2-1-3-7-14)13-22-18-10-11-21-19(23-18)16-8-4-5-9-17(16)24/h1-11,15,24H,12-13,20H2,(H,21,22,23)/t15-/m0/s1. The SMILES string of the molecule is N[C@H](CNc1ccnc(-c2ccccc2O)n1)Cc1ccccc1. The van der Waals surface area contributed by atoms with E-state index in [1.165, 1.54) is 5.56 Å². The minimum absolute atomic E-state index is 0.0176. The summed E-state index contributed by atoms with van der Waals surface area (Å²) >= 11 is 0. The number of para-hydroxylation sites is 1. The van der Waals surface area contributed by atoms with E-state index in [-0.39, 0.29) is 11.8 Å². The van der Waals surface area contributed by atoms with E-state index in [1.54, 1.807) is 30.5 Å². The molecule has 0 aliphatic carbocycles. The number of benzene rings is 2. The van der Waals surface area contributed by atoms with Gasteiger partial charge in [-0.15, -0.1) is 0 Å². The van der Waals surface area contributed by atoms with Gasteiger partial charge in [0, 0.05) is 18.8 Å². The molecule has 24 heavy (non-hydrogen) atoms. The Morgan fingerprint density at radius 3 is 2.54 bits per heavy atom. The van der Waals surface area contributed by atoms with E-state index >= 15 is 0 Å². The van der Waals surface area contributed by atoms with Crippen LogP contribution in [0.3, 0.4) is 0 Å². The molecule has 0 amide bonds. The molecule has 3 aromatic rings. The van der Waals surface area contributed by atoms with Gasteiger partial charge in [0.1, 0.15) is 11.6 Å². The topological polar surface area (TPSA) is 84.1 Å². The Bertz CT molecular complexity index is 792. The van der Waals surface area contributed by atoms with Crippen molar-refractivity contribution in [3.8, 4) is 17.1 Å². The Balaban J connectivity index is 1.64. The molecule has 1 heterocycles. The molecule has 0 aliphatic rings. The van der Waals surface area contributed by atoms with Crippen LogP contribution in [0.1, 0.15) is 5.56 Å². The lowest BCUT2D eigenvalue weighted by Crippen LogP contribution is -2.31. The lowest BCUT2D eigenvalue weighted by Gasteiger charge is -2.14. The summed E-state index contributed by atoms with van der Waals surface area (Å²) in [5.74, 6) is 1.33. The molecule has 0 saturated heterocycles. The number of rotatable bonds is 6. The van der Waals surface area contributed by atoms with Gasteiger partial charge in [0.15, 0.2) is 5.82 Å². The van der Waals surface area contributed by atoms with Gasteiger partial charge in [-0.2, -0.15) is 0 Å². The van der Waals surface area contributed by atoms with Gasteiger partial charge in [-0.25, -0.2) is 9.97 Å². The zero-order chi connectivity index (χ0) is 16.8. The third kappa shape index (κ3) is 4.08. The van der Waals surface area contributed by atoms with Gasteiger partial charge >= 0.3 is 0 Å². The number of nitrogens with zero attached hydrogens (tertiary/aromatic N) is 2. The first-order valence-electron chi connectivity index (χ1n) is 7.87. The van der Waals surface area contributed by atoms with Crippen LogP contribution in [-0.4, -0.2) is 27.7 Å². The predicted octanol–water partition coefficient (Wildman–Crippen LogP) is 2.83. The molecule has 3 rings (SSSR count). The van der Waals surface area contributed by atoms with Crippen molar-refractivity contribution < 1.29 is 5.11 Å². The van der Waals surface area contributed by atoms with E-state index in [0.29, 0.717) is 23.8 Å². The number of hydrogen-bond acceptors (Lipinski definition) is 5. The maximum absolute atomic E-state index is 9.92. The first-order valence-corrected chi connectivity index (χ1v) is 7.87. The van der Waals surface area contributed by atoms with E-state index < -0.39 is 0 Å². The van der Waals surface area contributed by atoms with Crippen molar-refractivity contribution >= 4 is 5.82 Å². The third-order valence-electron chi connectivity index (χ3n) is 3.69. The van der Waals surface area contributed by atoms with Crippen LogP contribution in [0.2, 0.25) is 0 Å². The summed E-state index contributed by atoms with van der Waals surface area (Å²) in [7, 11) is 0. The van der Waals surface area contributed by atoms with E-state index in [9.17, 15) is 5.11 Å². The fourth-order valence-corrected chi connectivity index (χ4v) is 2.47. The van der Waals surface area contributed by atoms with E-state index in [1.807, 2.05) is 24.3 Å². The first kappa shape index (κ1) is 16.0. The van der Waals surface area contributed by atoms with Gasteiger partial charge in [0.25, 0.3) is 0 Å². The van der Waals surface area contributed by atoms with Crippen LogP contribution in [0.15, 0.2) is 66.9 Å². The molecular formula is C19H20N4O. The van der Waals surface area contributed by atoms with Gasteiger partial charge in [-0.1, -0.05) is 42.5 Å². The van der Waals surface area contributed by atoms with Crippen molar-refractivity contribution in [2.75, 3.05) is 11.9 Å². The highest BCUT2D eigenvalue weighted by Gasteiger charge is 2.08. The Labute approximate surface area is 141 Å². The van der Waals surface area contributed by atoms with Gasteiger partial charge in [-0.05, 0) is 30.2 Å². The van der Waals surface area contributed by atoms with Gasteiger partial charge in [0.2, 0.25) is 0 Å². The van der Waals surface area contributed by atoms with Crippen molar-refractivity contribution in [3.05, 3.63) is 72.4 Å². The zero-order valence-electron chi connectivity index (χ0n) is 13.3. The highest BCUT2D eigenvalue weighted by molar-refractivity contribution is 5.64. The number of phenolic OH excluding ortho intramolecular Hbond substituents is 1. The number of nitrogens with one attached hydrogen (secondary N) is 1. The van der Waals surface area contributed by atoms with Crippen LogP contribution in [0.5, 0.6) is 5.75 Å². The Morgan fingerprint density at radius 1 is 1.00 bits per heavy atom. The summed E-state index contributed by atoms with van der Waals surface area (Å²) in [5, 5.41) is 13.2. The third-order valence-corrected chi connectivity index (χ3v) is 3.69. The average Bonchev–Trinajstić information content (AvgIpc) is 2.61. The number of nitrogens with two attached hydrogens (primary N) is 1. The number of hydrogen-bond donors (Lipinski definition) is 3. The van der Waals surface area contributed by atoms with Crippen LogP contribution in [0.25, 0.3) is 11.4 Å². The average molecular weight is 320 g/mol. The second-order valence-electron chi connectivity index (χ2n) is 5.61. The fraction of sp³-hybridized carbons (Fsp3) is 0.158. The van der Waals surface area contributed by atoms with Crippen LogP contribution < -0.4 is 11.1 Å². The molecule has 0 spiro atoms. The number of phenols is 1. The van der Waals surface area contributed by atoms with E-state index in [2.05, 4.69) is 27.4 Å². The molecular weight excluding hydrogens is 300 g/mol. The second kappa shape index (κ2) is 7.57. The summed E-state index contributed by atoms with van der Waals surface area (Å²) in [4.78, 5) is 8.67. The smallest absolute Gasteiger partial charge is 0.165 e. The van der Waals surface area contributed by atoms with Crippen molar-refractivity contribution in [1.29, 1.82) is 0 Å². The van der Waals surface area contributed by atoms with E-state index in [0.717, 1.165) is 6.42 Å². The van der Waals surface area contributed by atoms with Gasteiger partial charge in [0.05, 0.1) is 5.56 Å². The molecule has 1 atom stereocenters. The Hall–Kier alpha value is -2.92. The summed E-state index contributed by atoms with van der Waals surface area (Å²) in [6, 6.07) is 18.9. The molecule has 1 aromatic heterocycles. The molecule has 122 valence electrons. The molecule has 0 bridgehead atoms. The van der Waals surface area contributed by atoms with Crippen molar-refractivity contribution in [2.24, 2.45) is 5.73 Å². The minimum Gasteiger partial charge on any atom is -0.507 e. The van der Waals surface area contributed by atoms with Crippen molar-refractivity contribution in [2.45, 2.75) is 12.5 Å². The summed E-state index contributed by atoms with van der Waals surface area (Å²) in [6.07, 6.45) is 2.46. The summed E-state index contributed by atoms with van der Waals surface area (Å²) in [6.45, 7) is 0.603. The number of aromatic nitrogens is 2. The molecule has 0 unspecified atom stereocenters. The highest BCUT2D eigenvalue weighted by Crippen LogP contribution is 2.25. The monoisotopic (exact) mass is 320 g/mol. The van der Waals surface area contributed by atoms with Crippen LogP contribution >= 0.6 is 0 Å². The van der Waals surface area contributed by atoms with Crippen molar-refractivity contribution in [3.63, 3.8) is 0 Å². The number of aromatic hydroxyl groups is 1. The normalized spacial score (nSPS) is 11.9. The number of anilines is 1. The molecule has 2 aromatic carbocycles. The quantitative estimate of drug-likeness (QED) is 0.650. The molecule has 0 saturated carbocycles. The van der Waals surface area contributed by atoms with E-state index in [4.69, 9.17) is 5.73 Å². The summed E-state index contributed by atoms with van der Waals surface area (Å²) in [5.41, 5.74) is 8.00. The lowest BCUT2D eigenvalue weighted by atomic mass is 10.1. The second-order valence-corrected chi connectivity index (χ2v) is 5.61. The predicted molar refractivity (Wildman–Crippen MR) is 95.7 cm³/mol. The maximum atomic E-state index is 9.92. The minimum atomic E-state index is -0.0176. The summed E-state index contributed by atoms with van der Waals surface area (Å²) < 4.78 is 0. The lowest BCUT2D eigenvalue weighted by molar-refractivity contribution is 0.477. The zero-order valence-corrected chi connectivity index (χ0v) is 13.3. The molecule has 5 heteroatoms.